The number of aliphatic hydroxyl groups excluding tert-OH is 1. The van der Waals surface area contributed by atoms with Crippen LogP contribution in [0.1, 0.15) is 19.4 Å². The van der Waals surface area contributed by atoms with Crippen LogP contribution >= 0.6 is 0 Å². The van der Waals surface area contributed by atoms with Crippen molar-refractivity contribution in [3.8, 4) is 11.5 Å². The Morgan fingerprint density at radius 2 is 2.00 bits per heavy atom. The third kappa shape index (κ3) is 4.00. The van der Waals surface area contributed by atoms with Crippen molar-refractivity contribution < 1.29 is 23.4 Å². The summed E-state index contributed by atoms with van der Waals surface area (Å²) in [6, 6.07) is 4.60. The zero-order chi connectivity index (χ0) is 13.7. The van der Waals surface area contributed by atoms with Crippen LogP contribution in [0.5, 0.6) is 11.5 Å². The largest absolute Gasteiger partial charge is 0.493 e. The number of ether oxygens (including phenoxy) is 2. The third-order valence-electron chi connectivity index (χ3n) is 2.46. The van der Waals surface area contributed by atoms with Crippen LogP contribution in [0.3, 0.4) is 0 Å². The first-order chi connectivity index (χ1) is 8.43. The van der Waals surface area contributed by atoms with Crippen LogP contribution in [-0.2, 0) is 0 Å². The lowest BCUT2D eigenvalue weighted by atomic mass is 10.1. The van der Waals surface area contributed by atoms with Gasteiger partial charge in [-0.15, -0.1) is 0 Å². The predicted octanol–water partition coefficient (Wildman–Crippen LogP) is 3.08. The molecule has 1 aromatic carbocycles. The molecule has 0 aliphatic heterocycles. The van der Waals surface area contributed by atoms with E-state index in [4.69, 9.17) is 4.74 Å². The molecule has 1 aromatic rings. The van der Waals surface area contributed by atoms with E-state index in [0.717, 1.165) is 11.1 Å². The van der Waals surface area contributed by atoms with Gasteiger partial charge in [-0.05, 0) is 37.1 Å². The quantitative estimate of drug-likeness (QED) is 0.882. The minimum absolute atomic E-state index is 0.0145. The summed E-state index contributed by atoms with van der Waals surface area (Å²) in [7, 11) is 1.38. The molecule has 100 valence electrons. The summed E-state index contributed by atoms with van der Waals surface area (Å²) >= 11 is 0. The van der Waals surface area contributed by atoms with Gasteiger partial charge in [0.1, 0.15) is 0 Å². The lowest BCUT2D eigenvalue weighted by Crippen LogP contribution is -2.04. The van der Waals surface area contributed by atoms with E-state index in [1.54, 1.807) is 32.1 Å². The number of alkyl halides is 2. The maximum atomic E-state index is 12.1. The first-order valence-electron chi connectivity index (χ1n) is 5.43. The van der Waals surface area contributed by atoms with Crippen molar-refractivity contribution in [1.29, 1.82) is 0 Å². The third-order valence-corrected chi connectivity index (χ3v) is 2.46. The molecule has 1 unspecified atom stereocenters. The minimum Gasteiger partial charge on any atom is -0.493 e. The molecule has 0 aromatic heterocycles. The van der Waals surface area contributed by atoms with Crippen molar-refractivity contribution in [2.24, 2.45) is 0 Å². The van der Waals surface area contributed by atoms with Crippen LogP contribution in [0.15, 0.2) is 23.8 Å². The Kier molecular flexibility index (Phi) is 5.09. The van der Waals surface area contributed by atoms with Gasteiger partial charge < -0.3 is 14.6 Å². The molecule has 0 fully saturated rings. The van der Waals surface area contributed by atoms with Gasteiger partial charge >= 0.3 is 6.61 Å². The number of hydrogen-bond acceptors (Lipinski definition) is 3. The molecular formula is C13H16F2O3. The Morgan fingerprint density at radius 3 is 2.50 bits per heavy atom. The molecule has 1 N–H and O–H groups in total. The van der Waals surface area contributed by atoms with Crippen molar-refractivity contribution in [3.05, 3.63) is 29.3 Å². The van der Waals surface area contributed by atoms with Crippen LogP contribution in [0.25, 0.3) is 6.08 Å². The highest BCUT2D eigenvalue weighted by Crippen LogP contribution is 2.30. The minimum atomic E-state index is -2.89. The number of hydrogen-bond donors (Lipinski definition) is 1. The zero-order valence-electron chi connectivity index (χ0n) is 10.5. The molecule has 0 aliphatic carbocycles. The fourth-order valence-electron chi connectivity index (χ4n) is 1.35. The highest BCUT2D eigenvalue weighted by atomic mass is 19.3. The molecule has 0 radical (unpaired) electrons. The van der Waals surface area contributed by atoms with Crippen LogP contribution in [0, 0.1) is 0 Å². The standard InChI is InChI=1S/C13H16F2O3/c1-8(9(2)16)6-10-4-5-11(18-13(14)15)12(7-10)17-3/h4-7,9,13,16H,1-3H3/b8-6-. The van der Waals surface area contributed by atoms with E-state index < -0.39 is 12.7 Å². The van der Waals surface area contributed by atoms with E-state index in [1.807, 2.05) is 0 Å². The fourth-order valence-corrected chi connectivity index (χ4v) is 1.35. The second kappa shape index (κ2) is 6.35. The van der Waals surface area contributed by atoms with Gasteiger partial charge in [-0.2, -0.15) is 8.78 Å². The van der Waals surface area contributed by atoms with Crippen LogP contribution in [0.4, 0.5) is 8.78 Å². The Morgan fingerprint density at radius 1 is 1.33 bits per heavy atom. The molecule has 0 aliphatic rings. The maximum absolute atomic E-state index is 12.1. The SMILES string of the molecule is COc1cc(/C=C(/C)C(C)O)ccc1OC(F)F. The number of rotatable bonds is 5. The van der Waals surface area contributed by atoms with Crippen LogP contribution < -0.4 is 9.47 Å². The van der Waals surface area contributed by atoms with Gasteiger partial charge in [0, 0.05) is 0 Å². The topological polar surface area (TPSA) is 38.7 Å². The molecule has 0 amide bonds. The van der Waals surface area contributed by atoms with Gasteiger partial charge in [-0.3, -0.25) is 0 Å². The monoisotopic (exact) mass is 258 g/mol. The molecule has 18 heavy (non-hydrogen) atoms. The first kappa shape index (κ1) is 14.4. The molecule has 1 atom stereocenters. The second-order valence-corrected chi connectivity index (χ2v) is 3.85. The van der Waals surface area contributed by atoms with E-state index in [1.165, 1.54) is 13.2 Å². The van der Waals surface area contributed by atoms with Gasteiger partial charge in [0.25, 0.3) is 0 Å². The van der Waals surface area contributed by atoms with Gasteiger partial charge in [-0.1, -0.05) is 12.1 Å². The van der Waals surface area contributed by atoms with Crippen molar-refractivity contribution in [1.82, 2.24) is 0 Å². The summed E-state index contributed by atoms with van der Waals surface area (Å²) in [6.45, 7) is 0.539. The second-order valence-electron chi connectivity index (χ2n) is 3.85. The summed E-state index contributed by atoms with van der Waals surface area (Å²) in [4.78, 5) is 0. The average molecular weight is 258 g/mol. The molecule has 1 rings (SSSR count). The normalized spacial score (nSPS) is 13.6. The lowest BCUT2D eigenvalue weighted by molar-refractivity contribution is -0.0512. The molecule has 0 saturated carbocycles. The number of benzene rings is 1. The van der Waals surface area contributed by atoms with E-state index in [-0.39, 0.29) is 11.5 Å². The average Bonchev–Trinajstić information content (AvgIpc) is 2.30. The molecule has 0 spiro atoms. The molecule has 0 heterocycles. The molecular weight excluding hydrogens is 242 g/mol. The Labute approximate surface area is 105 Å². The summed E-state index contributed by atoms with van der Waals surface area (Å²) in [5.74, 6) is 0.210. The Bertz CT molecular complexity index is 428. The van der Waals surface area contributed by atoms with E-state index in [0.29, 0.717) is 0 Å². The maximum Gasteiger partial charge on any atom is 0.387 e. The molecule has 0 saturated heterocycles. The highest BCUT2D eigenvalue weighted by Gasteiger charge is 2.10. The summed E-state index contributed by atoms with van der Waals surface area (Å²) in [5, 5.41) is 9.36. The van der Waals surface area contributed by atoms with Crippen molar-refractivity contribution >= 4 is 6.08 Å². The van der Waals surface area contributed by atoms with Crippen molar-refractivity contribution in [2.45, 2.75) is 26.6 Å². The van der Waals surface area contributed by atoms with Crippen molar-refractivity contribution in [2.75, 3.05) is 7.11 Å². The molecule has 0 bridgehead atoms. The van der Waals surface area contributed by atoms with E-state index >= 15 is 0 Å². The predicted molar refractivity (Wildman–Crippen MR) is 65.0 cm³/mol. The van der Waals surface area contributed by atoms with Gasteiger partial charge in [0.05, 0.1) is 13.2 Å². The van der Waals surface area contributed by atoms with Crippen LogP contribution in [-0.4, -0.2) is 24.9 Å². The first-order valence-corrected chi connectivity index (χ1v) is 5.43. The molecule has 3 nitrogen and oxygen atoms in total. The lowest BCUT2D eigenvalue weighted by Gasteiger charge is -2.11. The summed E-state index contributed by atoms with van der Waals surface area (Å²) < 4.78 is 33.6. The van der Waals surface area contributed by atoms with Crippen molar-refractivity contribution in [3.63, 3.8) is 0 Å². The highest BCUT2D eigenvalue weighted by molar-refractivity contribution is 5.58. The fraction of sp³-hybridized carbons (Fsp3) is 0.385. The Hall–Kier alpha value is -1.62. The van der Waals surface area contributed by atoms with Gasteiger partial charge in [0.2, 0.25) is 0 Å². The van der Waals surface area contributed by atoms with Gasteiger partial charge in [0.15, 0.2) is 11.5 Å². The van der Waals surface area contributed by atoms with Gasteiger partial charge in [-0.25, -0.2) is 0 Å². The van der Waals surface area contributed by atoms with E-state index in [2.05, 4.69) is 4.74 Å². The van der Waals surface area contributed by atoms with Crippen LogP contribution in [0.2, 0.25) is 0 Å². The number of halogens is 2. The number of methoxy groups -OCH3 is 1. The number of aliphatic hydroxyl groups is 1. The Balaban J connectivity index is 3.02. The van der Waals surface area contributed by atoms with E-state index in [9.17, 15) is 13.9 Å². The molecule has 5 heteroatoms. The zero-order valence-corrected chi connectivity index (χ0v) is 10.5. The summed E-state index contributed by atoms with van der Waals surface area (Å²) in [6.07, 6.45) is 1.19. The smallest absolute Gasteiger partial charge is 0.387 e. The summed E-state index contributed by atoms with van der Waals surface area (Å²) in [5.41, 5.74) is 1.51.